The number of carbonyl (C=O) groups is 1. The fourth-order valence-electron chi connectivity index (χ4n) is 1.60. The molecule has 100 valence electrons. The van der Waals surface area contributed by atoms with Crippen LogP contribution in [0.1, 0.15) is 27.9 Å². The molecule has 1 unspecified atom stereocenters. The Kier molecular flexibility index (Phi) is 3.62. The number of hydrogen-bond donors (Lipinski definition) is 1. The highest BCUT2D eigenvalue weighted by molar-refractivity contribution is 5.86. The molecule has 4 nitrogen and oxygen atoms in total. The van der Waals surface area contributed by atoms with E-state index in [1.165, 1.54) is 25.3 Å². The number of carbonyl (C=O) groups excluding carboxylic acids is 1. The quantitative estimate of drug-likeness (QED) is 0.867. The van der Waals surface area contributed by atoms with E-state index in [1.807, 2.05) is 0 Å². The normalized spacial score (nSPS) is 12.2. The molecule has 0 aliphatic carbocycles. The van der Waals surface area contributed by atoms with Gasteiger partial charge in [-0.05, 0) is 29.8 Å². The Hall–Kier alpha value is -2.21. The molecule has 19 heavy (non-hydrogen) atoms. The third-order valence-electron chi connectivity index (χ3n) is 2.62. The smallest absolute Gasteiger partial charge is 0.373 e. The minimum absolute atomic E-state index is 0.00414. The highest BCUT2D eigenvalue weighted by Gasteiger charge is 2.18. The number of benzene rings is 1. The van der Waals surface area contributed by atoms with Crippen molar-refractivity contribution in [2.24, 2.45) is 5.73 Å². The maximum Gasteiger partial charge on any atom is 0.373 e. The molecule has 1 heterocycles. The molecule has 2 rings (SSSR count). The first-order valence-corrected chi connectivity index (χ1v) is 5.41. The SMILES string of the molecule is COC(=O)c1ccc(C(N)c2ccc(F)c(F)c2)o1. The Morgan fingerprint density at radius 2 is 2.00 bits per heavy atom. The van der Waals surface area contributed by atoms with Gasteiger partial charge in [0.15, 0.2) is 11.6 Å². The van der Waals surface area contributed by atoms with Crippen molar-refractivity contribution < 1.29 is 22.7 Å². The summed E-state index contributed by atoms with van der Waals surface area (Å²) in [6.07, 6.45) is 0. The number of rotatable bonds is 3. The zero-order valence-electron chi connectivity index (χ0n) is 10.0. The van der Waals surface area contributed by atoms with Crippen LogP contribution >= 0.6 is 0 Å². The lowest BCUT2D eigenvalue weighted by Gasteiger charge is -2.09. The largest absolute Gasteiger partial charge is 0.463 e. The molecule has 0 aliphatic heterocycles. The second-order valence-electron chi connectivity index (χ2n) is 3.84. The molecule has 2 aromatic rings. The Morgan fingerprint density at radius 3 is 2.63 bits per heavy atom. The van der Waals surface area contributed by atoms with Crippen LogP contribution < -0.4 is 5.73 Å². The summed E-state index contributed by atoms with van der Waals surface area (Å²) in [5.74, 6) is -2.33. The molecule has 1 atom stereocenters. The highest BCUT2D eigenvalue weighted by Crippen LogP contribution is 2.23. The van der Waals surface area contributed by atoms with Gasteiger partial charge in [-0.25, -0.2) is 13.6 Å². The van der Waals surface area contributed by atoms with Gasteiger partial charge in [0.2, 0.25) is 5.76 Å². The Morgan fingerprint density at radius 1 is 1.26 bits per heavy atom. The molecule has 6 heteroatoms. The van der Waals surface area contributed by atoms with E-state index in [2.05, 4.69) is 4.74 Å². The molecule has 1 aromatic carbocycles. The third-order valence-corrected chi connectivity index (χ3v) is 2.62. The highest BCUT2D eigenvalue weighted by atomic mass is 19.2. The number of esters is 1. The Bertz CT molecular complexity index is 610. The molecule has 0 fully saturated rings. The van der Waals surface area contributed by atoms with E-state index < -0.39 is 23.6 Å². The van der Waals surface area contributed by atoms with Gasteiger partial charge in [0.05, 0.1) is 13.2 Å². The van der Waals surface area contributed by atoms with Crippen LogP contribution in [0.5, 0.6) is 0 Å². The van der Waals surface area contributed by atoms with Crippen LogP contribution in [0.15, 0.2) is 34.7 Å². The summed E-state index contributed by atoms with van der Waals surface area (Å²) < 4.78 is 35.6. The summed E-state index contributed by atoms with van der Waals surface area (Å²) in [6.45, 7) is 0. The van der Waals surface area contributed by atoms with Crippen LogP contribution in [0.3, 0.4) is 0 Å². The van der Waals surface area contributed by atoms with E-state index >= 15 is 0 Å². The summed E-state index contributed by atoms with van der Waals surface area (Å²) in [7, 11) is 1.22. The summed E-state index contributed by atoms with van der Waals surface area (Å²) in [5, 5.41) is 0. The minimum atomic E-state index is -0.993. The number of hydrogen-bond acceptors (Lipinski definition) is 4. The van der Waals surface area contributed by atoms with Gasteiger partial charge < -0.3 is 14.9 Å². The maximum atomic E-state index is 13.1. The van der Waals surface area contributed by atoms with Gasteiger partial charge in [-0.2, -0.15) is 0 Å². The molecule has 0 saturated carbocycles. The summed E-state index contributed by atoms with van der Waals surface area (Å²) in [4.78, 5) is 11.2. The van der Waals surface area contributed by atoms with Crippen LogP contribution in [0, 0.1) is 11.6 Å². The lowest BCUT2D eigenvalue weighted by atomic mass is 10.1. The summed E-state index contributed by atoms with van der Waals surface area (Å²) >= 11 is 0. The predicted octanol–water partition coefficient (Wildman–Crippen LogP) is 2.39. The molecule has 2 N–H and O–H groups in total. The molecule has 0 bridgehead atoms. The van der Waals surface area contributed by atoms with Gasteiger partial charge in [-0.1, -0.05) is 6.07 Å². The van der Waals surface area contributed by atoms with E-state index in [1.54, 1.807) is 0 Å². The van der Waals surface area contributed by atoms with Gasteiger partial charge in [0.1, 0.15) is 5.76 Å². The molecular formula is C13H11F2NO3. The summed E-state index contributed by atoms with van der Waals surface area (Å²) in [6, 6.07) is 5.41. The Labute approximate surface area is 107 Å². The third kappa shape index (κ3) is 2.63. The van der Waals surface area contributed by atoms with E-state index in [0.717, 1.165) is 12.1 Å². The van der Waals surface area contributed by atoms with Gasteiger partial charge in [0.25, 0.3) is 0 Å². The van der Waals surface area contributed by atoms with Crippen molar-refractivity contribution in [1.29, 1.82) is 0 Å². The molecule has 1 aromatic heterocycles. The number of methoxy groups -OCH3 is 1. The summed E-state index contributed by atoms with van der Waals surface area (Å²) in [5.41, 5.74) is 6.19. The van der Waals surface area contributed by atoms with Crippen molar-refractivity contribution >= 4 is 5.97 Å². The van der Waals surface area contributed by atoms with Crippen molar-refractivity contribution in [2.45, 2.75) is 6.04 Å². The molecule has 0 aliphatic rings. The van der Waals surface area contributed by atoms with E-state index in [-0.39, 0.29) is 11.5 Å². The van der Waals surface area contributed by atoms with Crippen LogP contribution in [-0.4, -0.2) is 13.1 Å². The molecule has 0 radical (unpaired) electrons. The fraction of sp³-hybridized carbons (Fsp3) is 0.154. The van der Waals surface area contributed by atoms with Crippen molar-refractivity contribution in [3.05, 3.63) is 59.1 Å². The first kappa shape index (κ1) is 13.2. The van der Waals surface area contributed by atoms with E-state index in [4.69, 9.17) is 10.2 Å². The average molecular weight is 267 g/mol. The minimum Gasteiger partial charge on any atom is -0.463 e. The lowest BCUT2D eigenvalue weighted by Crippen LogP contribution is -2.11. The second kappa shape index (κ2) is 5.19. The number of nitrogens with two attached hydrogens (primary N) is 1. The van der Waals surface area contributed by atoms with E-state index in [9.17, 15) is 13.6 Å². The molecule has 0 amide bonds. The molecule has 0 spiro atoms. The first-order chi connectivity index (χ1) is 9.02. The van der Waals surface area contributed by atoms with Crippen LogP contribution in [0.25, 0.3) is 0 Å². The van der Waals surface area contributed by atoms with Crippen LogP contribution in [0.4, 0.5) is 8.78 Å². The topological polar surface area (TPSA) is 65.5 Å². The first-order valence-electron chi connectivity index (χ1n) is 5.41. The van der Waals surface area contributed by atoms with Crippen molar-refractivity contribution in [1.82, 2.24) is 0 Å². The number of furan rings is 1. The average Bonchev–Trinajstić information content (AvgIpc) is 2.89. The second-order valence-corrected chi connectivity index (χ2v) is 3.84. The van der Waals surface area contributed by atoms with Crippen molar-refractivity contribution in [3.8, 4) is 0 Å². The fourth-order valence-corrected chi connectivity index (χ4v) is 1.60. The lowest BCUT2D eigenvalue weighted by molar-refractivity contribution is 0.0562. The van der Waals surface area contributed by atoms with Gasteiger partial charge >= 0.3 is 5.97 Å². The van der Waals surface area contributed by atoms with Crippen LogP contribution in [-0.2, 0) is 4.74 Å². The van der Waals surface area contributed by atoms with Crippen molar-refractivity contribution in [2.75, 3.05) is 7.11 Å². The van der Waals surface area contributed by atoms with Gasteiger partial charge in [-0.15, -0.1) is 0 Å². The number of ether oxygens (including phenoxy) is 1. The zero-order chi connectivity index (χ0) is 14.0. The predicted molar refractivity (Wildman–Crippen MR) is 62.4 cm³/mol. The van der Waals surface area contributed by atoms with E-state index in [0.29, 0.717) is 5.56 Å². The van der Waals surface area contributed by atoms with Gasteiger partial charge in [-0.3, -0.25) is 0 Å². The Balaban J connectivity index is 2.28. The van der Waals surface area contributed by atoms with Gasteiger partial charge in [0, 0.05) is 0 Å². The molecular weight excluding hydrogens is 256 g/mol. The standard InChI is InChI=1S/C13H11F2NO3/c1-18-13(17)11-5-4-10(19-11)12(16)7-2-3-8(14)9(15)6-7/h2-6,12H,16H2,1H3. The zero-order valence-corrected chi connectivity index (χ0v) is 10.0. The van der Waals surface area contributed by atoms with Crippen LogP contribution in [0.2, 0.25) is 0 Å². The monoisotopic (exact) mass is 267 g/mol. The van der Waals surface area contributed by atoms with Crippen molar-refractivity contribution in [3.63, 3.8) is 0 Å². The maximum absolute atomic E-state index is 13.1. The molecule has 0 saturated heterocycles. The number of halogens is 2.